The van der Waals surface area contributed by atoms with Crippen molar-refractivity contribution in [3.05, 3.63) is 46.3 Å². The number of nitrogens with one attached hydrogen (secondary N) is 1. The minimum Gasteiger partial charge on any atom is -0.266 e. The average Bonchev–Trinajstić information content (AvgIpc) is 2.86. The molecule has 1 heterocycles. The molecule has 2 aromatic rings. The van der Waals surface area contributed by atoms with Gasteiger partial charge in [0.15, 0.2) is 0 Å². The highest BCUT2D eigenvalue weighted by molar-refractivity contribution is 7.21. The third kappa shape index (κ3) is 3.17. The Kier molecular flexibility index (Phi) is 4.36. The molecule has 0 aliphatic heterocycles. The number of allylic oxidation sites excluding steroid dienone is 2. The molecule has 3 nitrogen and oxygen atoms in total. The summed E-state index contributed by atoms with van der Waals surface area (Å²) in [6, 6.07) is 7.73. The lowest BCUT2D eigenvalue weighted by Gasteiger charge is -2.11. The number of hydrogen-bond donors (Lipinski definition) is 1. The predicted molar refractivity (Wildman–Crippen MR) is 89.3 cm³/mol. The standard InChI is InChI=1S/C16H15ClN2OS/c17-14-12-8-4-5-9-13(12)21-15(14)16(20)19-18-10-11-6-2-1-3-7-11/h1-2,4-5,8-11H,3,6-7H2,(H,19,20). The lowest BCUT2D eigenvalue weighted by Crippen LogP contribution is -2.18. The van der Waals surface area contributed by atoms with Gasteiger partial charge < -0.3 is 0 Å². The zero-order valence-electron chi connectivity index (χ0n) is 11.4. The maximum atomic E-state index is 12.2. The van der Waals surface area contributed by atoms with E-state index in [1.165, 1.54) is 11.3 Å². The third-order valence-electron chi connectivity index (χ3n) is 3.50. The Bertz CT molecular complexity index is 720. The maximum Gasteiger partial charge on any atom is 0.282 e. The minimum atomic E-state index is -0.246. The van der Waals surface area contributed by atoms with E-state index < -0.39 is 0 Å². The molecule has 21 heavy (non-hydrogen) atoms. The molecule has 1 amide bonds. The van der Waals surface area contributed by atoms with E-state index in [1.54, 1.807) is 0 Å². The highest BCUT2D eigenvalue weighted by Gasteiger charge is 2.16. The fourth-order valence-corrected chi connectivity index (χ4v) is 3.77. The van der Waals surface area contributed by atoms with Crippen LogP contribution in [0.15, 0.2) is 41.5 Å². The summed E-state index contributed by atoms with van der Waals surface area (Å²) >= 11 is 7.66. The SMILES string of the molecule is O=C(NN=CC1CC=CCC1)c1sc2ccccc2c1Cl. The first-order valence-corrected chi connectivity index (χ1v) is 8.10. The van der Waals surface area contributed by atoms with Crippen LogP contribution in [0.1, 0.15) is 28.9 Å². The summed E-state index contributed by atoms with van der Waals surface area (Å²) in [6.45, 7) is 0. The van der Waals surface area contributed by atoms with Gasteiger partial charge in [-0.1, -0.05) is 42.0 Å². The Morgan fingerprint density at radius 2 is 2.24 bits per heavy atom. The van der Waals surface area contributed by atoms with Gasteiger partial charge in [-0.25, -0.2) is 5.43 Å². The summed E-state index contributed by atoms with van der Waals surface area (Å²) in [4.78, 5) is 12.7. The van der Waals surface area contributed by atoms with Crippen molar-refractivity contribution in [2.75, 3.05) is 0 Å². The van der Waals surface area contributed by atoms with Crippen molar-refractivity contribution in [3.8, 4) is 0 Å². The lowest BCUT2D eigenvalue weighted by atomic mass is 9.96. The fraction of sp³-hybridized carbons (Fsp3) is 0.250. The smallest absolute Gasteiger partial charge is 0.266 e. The molecule has 1 aliphatic carbocycles. The molecule has 1 aromatic carbocycles. The molecule has 5 heteroatoms. The molecule has 3 rings (SSSR count). The zero-order chi connectivity index (χ0) is 14.7. The van der Waals surface area contributed by atoms with E-state index in [0.29, 0.717) is 15.8 Å². The highest BCUT2D eigenvalue weighted by atomic mass is 35.5. The Morgan fingerprint density at radius 3 is 3.00 bits per heavy atom. The van der Waals surface area contributed by atoms with Crippen molar-refractivity contribution in [2.45, 2.75) is 19.3 Å². The maximum absolute atomic E-state index is 12.2. The minimum absolute atomic E-state index is 0.246. The molecule has 1 aliphatic rings. The molecule has 0 saturated heterocycles. The number of carbonyl (C=O) groups excluding carboxylic acids is 1. The predicted octanol–water partition coefficient (Wildman–Crippen LogP) is 4.63. The van der Waals surface area contributed by atoms with E-state index in [9.17, 15) is 4.79 Å². The summed E-state index contributed by atoms with van der Waals surface area (Å²) in [7, 11) is 0. The van der Waals surface area contributed by atoms with Crippen LogP contribution in [0.25, 0.3) is 10.1 Å². The molecule has 108 valence electrons. The van der Waals surface area contributed by atoms with Crippen LogP contribution in [-0.2, 0) is 0 Å². The van der Waals surface area contributed by atoms with Gasteiger partial charge >= 0.3 is 0 Å². The Labute approximate surface area is 132 Å². The summed E-state index contributed by atoms with van der Waals surface area (Å²) in [5.41, 5.74) is 2.58. The van der Waals surface area contributed by atoms with E-state index in [1.807, 2.05) is 30.5 Å². The van der Waals surface area contributed by atoms with Crippen molar-refractivity contribution < 1.29 is 4.79 Å². The number of carbonyl (C=O) groups is 1. The van der Waals surface area contributed by atoms with E-state index in [2.05, 4.69) is 22.7 Å². The van der Waals surface area contributed by atoms with E-state index >= 15 is 0 Å². The van der Waals surface area contributed by atoms with Crippen LogP contribution in [0.4, 0.5) is 0 Å². The number of halogens is 1. The summed E-state index contributed by atoms with van der Waals surface area (Å²) < 4.78 is 1.01. The van der Waals surface area contributed by atoms with Crippen LogP contribution in [-0.4, -0.2) is 12.1 Å². The van der Waals surface area contributed by atoms with Crippen molar-refractivity contribution in [3.63, 3.8) is 0 Å². The molecule has 0 spiro atoms. The van der Waals surface area contributed by atoms with Gasteiger partial charge in [0, 0.05) is 16.3 Å². The van der Waals surface area contributed by atoms with E-state index in [0.717, 1.165) is 29.3 Å². The van der Waals surface area contributed by atoms with Crippen molar-refractivity contribution in [2.24, 2.45) is 11.0 Å². The fourth-order valence-electron chi connectivity index (χ4n) is 2.36. The number of thiophene rings is 1. The van der Waals surface area contributed by atoms with Gasteiger partial charge in [0.1, 0.15) is 4.88 Å². The first kappa shape index (κ1) is 14.3. The largest absolute Gasteiger partial charge is 0.282 e. The normalized spacial score (nSPS) is 18.4. The van der Waals surface area contributed by atoms with Crippen molar-refractivity contribution in [1.82, 2.24) is 5.43 Å². The zero-order valence-corrected chi connectivity index (χ0v) is 13.0. The molecular weight excluding hydrogens is 304 g/mol. The number of benzene rings is 1. The highest BCUT2D eigenvalue weighted by Crippen LogP contribution is 2.34. The van der Waals surface area contributed by atoms with Gasteiger partial charge in [-0.15, -0.1) is 11.3 Å². The number of hydrogen-bond acceptors (Lipinski definition) is 3. The summed E-state index contributed by atoms with van der Waals surface area (Å²) in [5, 5.41) is 5.49. The van der Waals surface area contributed by atoms with Crippen molar-refractivity contribution in [1.29, 1.82) is 0 Å². The van der Waals surface area contributed by atoms with Crippen LogP contribution in [0.2, 0.25) is 5.02 Å². The van der Waals surface area contributed by atoms with Crippen LogP contribution >= 0.6 is 22.9 Å². The molecule has 1 atom stereocenters. The van der Waals surface area contributed by atoms with Gasteiger partial charge in [0.2, 0.25) is 0 Å². The molecule has 0 fully saturated rings. The van der Waals surface area contributed by atoms with Crippen LogP contribution in [0.3, 0.4) is 0 Å². The van der Waals surface area contributed by atoms with Crippen molar-refractivity contribution >= 4 is 45.1 Å². The second-order valence-electron chi connectivity index (χ2n) is 5.00. The number of rotatable bonds is 3. The van der Waals surface area contributed by atoms with Gasteiger partial charge in [-0.2, -0.15) is 5.10 Å². The molecule has 0 saturated carbocycles. The Hall–Kier alpha value is -1.65. The van der Waals surface area contributed by atoms with Gasteiger partial charge in [0.05, 0.1) is 5.02 Å². The number of amides is 1. The van der Waals surface area contributed by atoms with Gasteiger partial charge in [0.25, 0.3) is 5.91 Å². The average molecular weight is 319 g/mol. The molecule has 1 aromatic heterocycles. The van der Waals surface area contributed by atoms with Crippen LogP contribution in [0.5, 0.6) is 0 Å². The van der Waals surface area contributed by atoms with Crippen LogP contribution < -0.4 is 5.43 Å². The van der Waals surface area contributed by atoms with Gasteiger partial charge in [-0.05, 0) is 31.2 Å². The second kappa shape index (κ2) is 6.41. The number of hydrazone groups is 1. The molecule has 1 N–H and O–H groups in total. The molecular formula is C16H15ClN2OS. The Morgan fingerprint density at radius 1 is 1.38 bits per heavy atom. The second-order valence-corrected chi connectivity index (χ2v) is 6.44. The van der Waals surface area contributed by atoms with Crippen LogP contribution in [0, 0.1) is 5.92 Å². The summed E-state index contributed by atoms with van der Waals surface area (Å²) in [5.74, 6) is 0.164. The monoisotopic (exact) mass is 318 g/mol. The van der Waals surface area contributed by atoms with E-state index in [4.69, 9.17) is 11.6 Å². The number of nitrogens with zero attached hydrogens (tertiary/aromatic N) is 1. The first-order chi connectivity index (χ1) is 10.3. The molecule has 1 unspecified atom stereocenters. The quantitative estimate of drug-likeness (QED) is 0.500. The lowest BCUT2D eigenvalue weighted by molar-refractivity contribution is 0.0959. The molecule has 0 radical (unpaired) electrons. The van der Waals surface area contributed by atoms with Gasteiger partial charge in [-0.3, -0.25) is 4.79 Å². The molecule has 0 bridgehead atoms. The third-order valence-corrected chi connectivity index (χ3v) is 5.18. The number of fused-ring (bicyclic) bond motifs is 1. The summed E-state index contributed by atoms with van der Waals surface area (Å²) in [6.07, 6.45) is 9.31. The Balaban J connectivity index is 1.70. The topological polar surface area (TPSA) is 41.5 Å². The first-order valence-electron chi connectivity index (χ1n) is 6.91. The van der Waals surface area contributed by atoms with E-state index in [-0.39, 0.29) is 5.91 Å².